The summed E-state index contributed by atoms with van der Waals surface area (Å²) in [5.74, 6) is -1.11. The summed E-state index contributed by atoms with van der Waals surface area (Å²) in [6.45, 7) is 2.79. The number of carbonyl (C=O) groups excluding carboxylic acids is 1. The summed E-state index contributed by atoms with van der Waals surface area (Å²) in [6, 6.07) is 0. The van der Waals surface area contributed by atoms with Gasteiger partial charge in [-0.2, -0.15) is 0 Å². The van der Waals surface area contributed by atoms with Crippen molar-refractivity contribution in [2.45, 2.75) is 31.7 Å². The fraction of sp³-hybridized carbons (Fsp3) is 0.750. The van der Waals surface area contributed by atoms with Crippen LogP contribution in [0.25, 0.3) is 0 Å². The summed E-state index contributed by atoms with van der Waals surface area (Å²) in [4.78, 5) is 12.4. The van der Waals surface area contributed by atoms with E-state index in [4.69, 9.17) is 9.47 Å². The molecule has 0 aromatic heterocycles. The largest absolute Gasteiger partial charge is 0.395 e. The number of aliphatic hydroxyl groups is 2. The van der Waals surface area contributed by atoms with E-state index in [0.717, 1.165) is 0 Å². The summed E-state index contributed by atoms with van der Waals surface area (Å²) in [5, 5.41) is 18.7. The van der Waals surface area contributed by atoms with E-state index in [9.17, 15) is 15.0 Å². The monoisotopic (exact) mass is 242 g/mol. The molecule has 0 bridgehead atoms. The van der Waals surface area contributed by atoms with Crippen LogP contribution in [0.3, 0.4) is 0 Å². The minimum Gasteiger partial charge on any atom is -0.395 e. The third-order valence-electron chi connectivity index (χ3n) is 3.41. The van der Waals surface area contributed by atoms with Gasteiger partial charge in [-0.15, -0.1) is 0 Å². The van der Waals surface area contributed by atoms with Gasteiger partial charge in [-0.05, 0) is 13.8 Å². The van der Waals surface area contributed by atoms with E-state index in [0.29, 0.717) is 6.42 Å². The first-order valence-corrected chi connectivity index (χ1v) is 5.68. The van der Waals surface area contributed by atoms with Gasteiger partial charge in [0.05, 0.1) is 25.2 Å². The van der Waals surface area contributed by atoms with Gasteiger partial charge in [-0.25, -0.2) is 0 Å². The number of aliphatic hydroxyl groups excluding tert-OH is 2. The number of ketones is 1. The molecule has 5 heteroatoms. The first-order chi connectivity index (χ1) is 7.90. The lowest BCUT2D eigenvalue weighted by Gasteiger charge is -2.38. The molecule has 2 N–H and O–H groups in total. The average molecular weight is 242 g/mol. The smallest absolute Gasteiger partial charge is 0.181 e. The van der Waals surface area contributed by atoms with Crippen LogP contribution in [0.1, 0.15) is 20.3 Å². The first-order valence-electron chi connectivity index (χ1n) is 5.68. The Bertz CT molecular complexity index is 356. The van der Waals surface area contributed by atoms with Gasteiger partial charge in [0.25, 0.3) is 0 Å². The van der Waals surface area contributed by atoms with Crippen LogP contribution < -0.4 is 0 Å². The molecule has 0 amide bonds. The molecule has 0 aromatic rings. The average Bonchev–Trinajstić information content (AvgIpc) is 2.60. The first kappa shape index (κ1) is 12.7. The summed E-state index contributed by atoms with van der Waals surface area (Å²) >= 11 is 0. The Hall–Kier alpha value is -0.750. The maximum atomic E-state index is 12.4. The summed E-state index contributed by atoms with van der Waals surface area (Å²) in [7, 11) is 0. The van der Waals surface area contributed by atoms with Crippen molar-refractivity contribution in [2.24, 2.45) is 5.41 Å². The van der Waals surface area contributed by atoms with Gasteiger partial charge in [-0.3, -0.25) is 4.79 Å². The molecule has 96 valence electrons. The molecule has 17 heavy (non-hydrogen) atoms. The molecule has 0 saturated carbocycles. The highest BCUT2D eigenvalue weighted by Gasteiger charge is 2.57. The van der Waals surface area contributed by atoms with Gasteiger partial charge < -0.3 is 19.7 Å². The second kappa shape index (κ2) is 3.88. The van der Waals surface area contributed by atoms with Crippen LogP contribution in [0.5, 0.6) is 0 Å². The molecule has 2 rings (SSSR count). The molecule has 1 atom stereocenters. The zero-order chi connectivity index (χ0) is 12.7. The van der Waals surface area contributed by atoms with E-state index in [1.165, 1.54) is 0 Å². The Labute approximate surface area is 100 Å². The van der Waals surface area contributed by atoms with Crippen molar-refractivity contribution >= 4 is 5.78 Å². The second-order valence-electron chi connectivity index (χ2n) is 5.19. The maximum Gasteiger partial charge on any atom is 0.181 e. The van der Waals surface area contributed by atoms with Crippen molar-refractivity contribution in [3.63, 3.8) is 0 Å². The van der Waals surface area contributed by atoms with Gasteiger partial charge in [-0.1, -0.05) is 12.2 Å². The van der Waals surface area contributed by atoms with Crippen molar-refractivity contribution in [1.29, 1.82) is 0 Å². The Kier molecular flexibility index (Phi) is 2.90. The third-order valence-corrected chi connectivity index (χ3v) is 3.41. The van der Waals surface area contributed by atoms with Gasteiger partial charge in [0.1, 0.15) is 0 Å². The number of rotatable bonds is 2. The van der Waals surface area contributed by atoms with Gasteiger partial charge in [0, 0.05) is 6.42 Å². The Balaban J connectivity index is 2.34. The molecule has 1 aliphatic heterocycles. The van der Waals surface area contributed by atoms with Crippen LogP contribution in [-0.4, -0.2) is 47.2 Å². The van der Waals surface area contributed by atoms with E-state index in [1.54, 1.807) is 26.0 Å². The molecule has 1 unspecified atom stereocenters. The lowest BCUT2D eigenvalue weighted by atomic mass is 9.71. The number of Topliss-reactive ketones (excluding diaryl/α,β-unsaturated/α-hetero) is 1. The maximum absolute atomic E-state index is 12.4. The van der Waals surface area contributed by atoms with Crippen LogP contribution >= 0.6 is 0 Å². The predicted molar refractivity (Wildman–Crippen MR) is 59.2 cm³/mol. The lowest BCUT2D eigenvalue weighted by molar-refractivity contribution is -0.180. The normalized spacial score (nSPS) is 34.5. The highest BCUT2D eigenvalue weighted by molar-refractivity contribution is 5.96. The van der Waals surface area contributed by atoms with Crippen LogP contribution in [0, 0.1) is 5.41 Å². The minimum absolute atomic E-state index is 0.158. The Morgan fingerprint density at radius 1 is 1.35 bits per heavy atom. The van der Waals surface area contributed by atoms with Gasteiger partial charge in [0.15, 0.2) is 17.2 Å². The van der Waals surface area contributed by atoms with Crippen molar-refractivity contribution in [2.75, 3.05) is 19.8 Å². The fourth-order valence-electron chi connectivity index (χ4n) is 2.43. The SMILES string of the molecule is CC1(C)OCC2(CC=CC(CO)(CO)C2=O)O1. The predicted octanol–water partition coefficient (Wildman–Crippen LogP) is 0.00810. The topological polar surface area (TPSA) is 76.0 Å². The van der Waals surface area contributed by atoms with Crippen molar-refractivity contribution in [3.05, 3.63) is 12.2 Å². The molecule has 1 fully saturated rings. The molecule has 5 nitrogen and oxygen atoms in total. The highest BCUT2D eigenvalue weighted by Crippen LogP contribution is 2.42. The van der Waals surface area contributed by atoms with Crippen molar-refractivity contribution in [1.82, 2.24) is 0 Å². The van der Waals surface area contributed by atoms with E-state index in [1.807, 2.05) is 0 Å². The molecule has 0 aromatic carbocycles. The van der Waals surface area contributed by atoms with Crippen LogP contribution in [0.4, 0.5) is 0 Å². The minimum atomic E-state index is -1.25. The van der Waals surface area contributed by atoms with E-state index in [-0.39, 0.29) is 12.4 Å². The summed E-state index contributed by atoms with van der Waals surface area (Å²) in [5.41, 5.74) is -2.31. The molecule has 1 heterocycles. The number of hydrogen-bond acceptors (Lipinski definition) is 5. The Morgan fingerprint density at radius 2 is 2.00 bits per heavy atom. The molecule has 1 saturated heterocycles. The second-order valence-corrected chi connectivity index (χ2v) is 5.19. The summed E-state index contributed by atoms with van der Waals surface area (Å²) in [6.07, 6.45) is 3.74. The van der Waals surface area contributed by atoms with Crippen LogP contribution in [-0.2, 0) is 14.3 Å². The fourth-order valence-corrected chi connectivity index (χ4v) is 2.43. The molecule has 1 spiro atoms. The lowest BCUT2D eigenvalue weighted by Crippen LogP contribution is -2.55. The molecule has 1 aliphatic carbocycles. The quantitative estimate of drug-likeness (QED) is 0.667. The van der Waals surface area contributed by atoms with E-state index < -0.39 is 30.0 Å². The van der Waals surface area contributed by atoms with Crippen molar-refractivity contribution < 1.29 is 24.5 Å². The molecule has 0 radical (unpaired) electrons. The number of hydrogen-bond donors (Lipinski definition) is 2. The zero-order valence-corrected chi connectivity index (χ0v) is 10.1. The van der Waals surface area contributed by atoms with Crippen molar-refractivity contribution in [3.8, 4) is 0 Å². The zero-order valence-electron chi connectivity index (χ0n) is 10.1. The van der Waals surface area contributed by atoms with Crippen LogP contribution in [0.15, 0.2) is 12.2 Å². The van der Waals surface area contributed by atoms with Crippen LogP contribution in [0.2, 0.25) is 0 Å². The standard InChI is InChI=1S/C12H18O5/c1-10(2)16-8-12(17-10)5-3-4-11(6-13,7-14)9(12)15/h3-4,13-14H,5-8H2,1-2H3. The van der Waals surface area contributed by atoms with E-state index in [2.05, 4.69) is 0 Å². The Morgan fingerprint density at radius 3 is 2.47 bits per heavy atom. The number of ether oxygens (including phenoxy) is 2. The summed E-state index contributed by atoms with van der Waals surface area (Å²) < 4.78 is 11.1. The third kappa shape index (κ3) is 1.83. The van der Waals surface area contributed by atoms with Gasteiger partial charge in [0.2, 0.25) is 0 Å². The molecular weight excluding hydrogens is 224 g/mol. The molecule has 2 aliphatic rings. The highest BCUT2D eigenvalue weighted by atomic mass is 16.8. The van der Waals surface area contributed by atoms with E-state index >= 15 is 0 Å². The number of carbonyl (C=O) groups is 1. The van der Waals surface area contributed by atoms with Gasteiger partial charge >= 0.3 is 0 Å². The molecular formula is C12H18O5.